The first-order valence-electron chi connectivity index (χ1n) is 7.15. The van der Waals surface area contributed by atoms with E-state index in [1.54, 1.807) is 13.2 Å². The van der Waals surface area contributed by atoms with Crippen molar-refractivity contribution >= 4 is 33.3 Å². The topological polar surface area (TPSA) is 99.9 Å². The summed E-state index contributed by atoms with van der Waals surface area (Å²) in [6.07, 6.45) is 1.69. The number of nitro groups is 1. The minimum atomic E-state index is -0.708. The van der Waals surface area contributed by atoms with Crippen LogP contribution >= 0.6 is 11.3 Å². The third-order valence-corrected chi connectivity index (χ3v) is 4.42. The van der Waals surface area contributed by atoms with Gasteiger partial charge in [0.2, 0.25) is 5.76 Å². The van der Waals surface area contributed by atoms with E-state index in [0.29, 0.717) is 17.1 Å². The molecule has 0 unspecified atom stereocenters. The summed E-state index contributed by atoms with van der Waals surface area (Å²) in [5.74, 6) is -0.686. The van der Waals surface area contributed by atoms with Crippen molar-refractivity contribution in [3.8, 4) is 5.75 Å². The van der Waals surface area contributed by atoms with E-state index in [0.717, 1.165) is 16.3 Å². The third-order valence-electron chi connectivity index (χ3n) is 3.38. The van der Waals surface area contributed by atoms with E-state index in [9.17, 15) is 14.9 Å². The highest BCUT2D eigenvalue weighted by Crippen LogP contribution is 2.23. The van der Waals surface area contributed by atoms with Crippen molar-refractivity contribution in [1.82, 2.24) is 4.57 Å². The van der Waals surface area contributed by atoms with Gasteiger partial charge in [-0.1, -0.05) is 17.4 Å². The molecular weight excluding hydrogens is 346 g/mol. The first-order valence-corrected chi connectivity index (χ1v) is 7.96. The number of nitrogens with zero attached hydrogens (tertiary/aromatic N) is 3. The van der Waals surface area contributed by atoms with E-state index in [-0.39, 0.29) is 5.76 Å². The van der Waals surface area contributed by atoms with Crippen LogP contribution < -0.4 is 9.54 Å². The van der Waals surface area contributed by atoms with Crippen molar-refractivity contribution in [2.45, 2.75) is 6.54 Å². The molecule has 0 saturated carbocycles. The van der Waals surface area contributed by atoms with Gasteiger partial charge in [-0.2, -0.15) is 4.99 Å². The molecule has 0 fully saturated rings. The molecule has 0 bridgehead atoms. The fraction of sp³-hybridized carbons (Fsp3) is 0.125. The van der Waals surface area contributed by atoms with Gasteiger partial charge in [0.25, 0.3) is 0 Å². The molecule has 0 radical (unpaired) electrons. The number of allylic oxidation sites excluding steroid dienone is 1. The molecular formula is C16H13N3O5S. The Hall–Kier alpha value is -3.20. The summed E-state index contributed by atoms with van der Waals surface area (Å²) in [7, 11) is 1.57. The fourth-order valence-corrected chi connectivity index (χ4v) is 3.32. The van der Waals surface area contributed by atoms with Crippen LogP contribution in [0.3, 0.4) is 0 Å². The average Bonchev–Trinajstić information content (AvgIpc) is 3.20. The van der Waals surface area contributed by atoms with E-state index in [4.69, 9.17) is 9.15 Å². The predicted molar refractivity (Wildman–Crippen MR) is 91.8 cm³/mol. The lowest BCUT2D eigenvalue weighted by Gasteiger charge is -2.02. The second kappa shape index (κ2) is 6.73. The SMILES string of the molecule is C=CCn1c(=NC(=O)c2ccc([N+](=O)[O-])o2)sc2cc(OC)ccc21. The lowest BCUT2D eigenvalue weighted by atomic mass is 10.3. The van der Waals surface area contributed by atoms with Crippen LogP contribution in [0.4, 0.5) is 5.88 Å². The number of hydrogen-bond acceptors (Lipinski definition) is 6. The van der Waals surface area contributed by atoms with Gasteiger partial charge in [-0.25, -0.2) is 0 Å². The number of fused-ring (bicyclic) bond motifs is 1. The molecule has 1 amide bonds. The van der Waals surface area contributed by atoms with E-state index in [2.05, 4.69) is 11.6 Å². The van der Waals surface area contributed by atoms with E-state index < -0.39 is 16.7 Å². The van der Waals surface area contributed by atoms with Gasteiger partial charge in [-0.3, -0.25) is 14.9 Å². The van der Waals surface area contributed by atoms with Crippen molar-refractivity contribution in [3.05, 3.63) is 63.7 Å². The molecule has 0 aliphatic carbocycles. The maximum Gasteiger partial charge on any atom is 0.433 e. The molecule has 0 atom stereocenters. The van der Waals surface area contributed by atoms with Gasteiger partial charge in [-0.15, -0.1) is 6.58 Å². The number of carbonyl (C=O) groups excluding carboxylic acids is 1. The largest absolute Gasteiger partial charge is 0.497 e. The van der Waals surface area contributed by atoms with Crippen LogP contribution in [-0.4, -0.2) is 22.5 Å². The van der Waals surface area contributed by atoms with Gasteiger partial charge in [0.15, 0.2) is 4.80 Å². The van der Waals surface area contributed by atoms with Crippen molar-refractivity contribution in [3.63, 3.8) is 0 Å². The molecule has 2 heterocycles. The quantitative estimate of drug-likeness (QED) is 0.396. The Morgan fingerprint density at radius 3 is 2.92 bits per heavy atom. The Morgan fingerprint density at radius 1 is 1.48 bits per heavy atom. The molecule has 2 aromatic heterocycles. The highest BCUT2D eigenvalue weighted by Gasteiger charge is 2.17. The monoisotopic (exact) mass is 359 g/mol. The molecule has 0 N–H and O–H groups in total. The predicted octanol–water partition coefficient (Wildman–Crippen LogP) is 3.14. The number of ether oxygens (including phenoxy) is 1. The molecule has 1 aromatic carbocycles. The van der Waals surface area contributed by atoms with Crippen LogP contribution in [0.25, 0.3) is 10.2 Å². The maximum atomic E-state index is 12.3. The van der Waals surface area contributed by atoms with Crippen molar-refractivity contribution in [2.24, 2.45) is 4.99 Å². The Labute approximate surface area is 145 Å². The van der Waals surface area contributed by atoms with Gasteiger partial charge in [0.05, 0.1) is 23.4 Å². The normalized spacial score (nSPS) is 11.6. The van der Waals surface area contributed by atoms with Crippen molar-refractivity contribution in [2.75, 3.05) is 7.11 Å². The van der Waals surface area contributed by atoms with Crippen LogP contribution in [0.5, 0.6) is 5.75 Å². The molecule has 25 heavy (non-hydrogen) atoms. The highest BCUT2D eigenvalue weighted by molar-refractivity contribution is 7.16. The van der Waals surface area contributed by atoms with Crippen LogP contribution in [0.1, 0.15) is 10.6 Å². The van der Waals surface area contributed by atoms with Crippen LogP contribution in [0.15, 0.2) is 52.4 Å². The molecule has 3 aromatic rings. The van der Waals surface area contributed by atoms with E-state index in [1.807, 2.05) is 22.8 Å². The van der Waals surface area contributed by atoms with Gasteiger partial charge >= 0.3 is 11.8 Å². The van der Waals surface area contributed by atoms with Crippen molar-refractivity contribution < 1.29 is 18.9 Å². The summed E-state index contributed by atoms with van der Waals surface area (Å²) in [4.78, 5) is 26.7. The molecule has 128 valence electrons. The smallest absolute Gasteiger partial charge is 0.433 e. The summed E-state index contributed by atoms with van der Waals surface area (Å²) >= 11 is 1.30. The number of thiazole rings is 1. The number of hydrogen-bond donors (Lipinski definition) is 0. The summed E-state index contributed by atoms with van der Waals surface area (Å²) < 4.78 is 12.8. The average molecular weight is 359 g/mol. The molecule has 9 heteroatoms. The molecule has 0 spiro atoms. The zero-order valence-electron chi connectivity index (χ0n) is 13.2. The second-order valence-corrected chi connectivity index (χ2v) is 5.94. The first-order chi connectivity index (χ1) is 12.0. The fourth-order valence-electron chi connectivity index (χ4n) is 2.25. The van der Waals surface area contributed by atoms with E-state index >= 15 is 0 Å². The molecule has 0 aliphatic rings. The summed E-state index contributed by atoms with van der Waals surface area (Å²) in [6, 6.07) is 7.89. The Morgan fingerprint density at radius 2 is 2.28 bits per heavy atom. The minimum Gasteiger partial charge on any atom is -0.497 e. The number of amides is 1. The van der Waals surface area contributed by atoms with Crippen LogP contribution in [0, 0.1) is 10.1 Å². The summed E-state index contributed by atoms with van der Waals surface area (Å²) in [5, 5.41) is 10.7. The van der Waals surface area contributed by atoms with Gasteiger partial charge < -0.3 is 13.7 Å². The Kier molecular flexibility index (Phi) is 4.48. The minimum absolute atomic E-state index is 0.188. The van der Waals surface area contributed by atoms with Crippen LogP contribution in [0.2, 0.25) is 0 Å². The number of methoxy groups -OCH3 is 1. The number of furan rings is 1. The van der Waals surface area contributed by atoms with Crippen LogP contribution in [-0.2, 0) is 6.54 Å². The lowest BCUT2D eigenvalue weighted by Crippen LogP contribution is -2.16. The van der Waals surface area contributed by atoms with Crippen molar-refractivity contribution in [1.29, 1.82) is 0 Å². The summed E-state index contributed by atoms with van der Waals surface area (Å²) in [6.45, 7) is 4.17. The number of benzene rings is 1. The third kappa shape index (κ3) is 3.22. The maximum absolute atomic E-state index is 12.3. The lowest BCUT2D eigenvalue weighted by molar-refractivity contribution is -0.402. The molecule has 8 nitrogen and oxygen atoms in total. The zero-order chi connectivity index (χ0) is 18.0. The molecule has 0 saturated heterocycles. The number of carbonyl (C=O) groups is 1. The Bertz CT molecular complexity index is 1040. The molecule has 0 aliphatic heterocycles. The summed E-state index contributed by atoms with van der Waals surface area (Å²) in [5.41, 5.74) is 0.877. The Balaban J connectivity index is 2.10. The van der Waals surface area contributed by atoms with Gasteiger partial charge in [0.1, 0.15) is 10.7 Å². The standard InChI is InChI=1S/C16H13N3O5S/c1-3-8-18-11-5-4-10(23-2)9-13(11)25-16(18)17-15(20)12-6-7-14(24-12)19(21)22/h3-7,9H,1,8H2,2H3. The number of rotatable bonds is 5. The van der Waals surface area contributed by atoms with E-state index in [1.165, 1.54) is 17.4 Å². The zero-order valence-corrected chi connectivity index (χ0v) is 14.0. The second-order valence-electron chi connectivity index (χ2n) is 4.93. The number of aromatic nitrogens is 1. The first kappa shape index (κ1) is 16.7. The highest BCUT2D eigenvalue weighted by atomic mass is 32.1. The van der Waals surface area contributed by atoms with Gasteiger partial charge in [0, 0.05) is 6.54 Å². The molecule has 3 rings (SSSR count). The van der Waals surface area contributed by atoms with Gasteiger partial charge in [-0.05, 0) is 24.3 Å².